The van der Waals surface area contributed by atoms with Gasteiger partial charge in [-0.25, -0.2) is 19.6 Å². The van der Waals surface area contributed by atoms with Gasteiger partial charge in [0.15, 0.2) is 0 Å². The van der Waals surface area contributed by atoms with Crippen molar-refractivity contribution in [2.45, 2.75) is 127 Å². The van der Waals surface area contributed by atoms with Gasteiger partial charge in [0.25, 0.3) is 0 Å². The predicted octanol–water partition coefficient (Wildman–Crippen LogP) is 6.77. The largest absolute Gasteiger partial charge is 0.453 e. The summed E-state index contributed by atoms with van der Waals surface area (Å²) in [6.45, 7) is 9.01. The number of hydrogen-bond donors (Lipinski definition) is 3. The molecular formula is C43H60N8O6. The predicted molar refractivity (Wildman–Crippen MR) is 214 cm³/mol. The van der Waals surface area contributed by atoms with E-state index in [1.165, 1.54) is 30.4 Å². The number of carbonyl (C=O) groups excluding carboxylic acids is 4. The minimum Gasteiger partial charge on any atom is -0.453 e. The molecule has 3 aromatic rings. The van der Waals surface area contributed by atoms with Gasteiger partial charge < -0.3 is 34.6 Å². The van der Waals surface area contributed by atoms with E-state index in [4.69, 9.17) is 19.4 Å². The number of alkyl carbamates (subject to hydrolysis) is 1. The van der Waals surface area contributed by atoms with Crippen LogP contribution in [0.15, 0.2) is 36.7 Å². The Morgan fingerprint density at radius 2 is 1.33 bits per heavy atom. The summed E-state index contributed by atoms with van der Waals surface area (Å²) < 4.78 is 9.72. The number of imidazole rings is 2. The first-order valence-electron chi connectivity index (χ1n) is 20.8. The van der Waals surface area contributed by atoms with E-state index < -0.39 is 24.3 Å². The second-order valence-corrected chi connectivity index (χ2v) is 17.5. The van der Waals surface area contributed by atoms with Crippen molar-refractivity contribution in [3.63, 3.8) is 0 Å². The molecule has 57 heavy (non-hydrogen) atoms. The van der Waals surface area contributed by atoms with Crippen LogP contribution in [0.3, 0.4) is 0 Å². The molecule has 3 N–H and O–H groups in total. The molecule has 8 rings (SSSR count). The van der Waals surface area contributed by atoms with Crippen molar-refractivity contribution in [2.24, 2.45) is 11.8 Å². The average molecular weight is 785 g/mol. The van der Waals surface area contributed by atoms with Crippen molar-refractivity contribution in [2.75, 3.05) is 34.4 Å². The molecule has 2 saturated heterocycles. The summed E-state index contributed by atoms with van der Waals surface area (Å²) in [6, 6.07) is 7.35. The molecule has 3 saturated carbocycles. The number of nitrogens with one attached hydrogen (secondary N) is 3. The second kappa shape index (κ2) is 16.2. The number of fused-ring (bicyclic) bond motifs is 3. The SMILES string of the molecule is COC(=O)NC(C(=O)N1CCCC1c1ncc(C23CCC(c4ccc(-c5cnc(C6CCCN6C(=O)C(C(C)C)N(C)C(=O)OC)[nH]5)cc4)(CC2)CC3)[nH]1)C(C)C. The zero-order valence-corrected chi connectivity index (χ0v) is 34.6. The third kappa shape index (κ3) is 7.51. The molecule has 5 aliphatic rings. The van der Waals surface area contributed by atoms with Gasteiger partial charge in [0, 0.05) is 37.4 Å². The summed E-state index contributed by atoms with van der Waals surface area (Å²) in [5, 5.41) is 2.74. The van der Waals surface area contributed by atoms with Crippen molar-refractivity contribution in [3.05, 3.63) is 59.6 Å². The summed E-state index contributed by atoms with van der Waals surface area (Å²) in [6.07, 6.45) is 12.7. The molecule has 0 radical (unpaired) electrons. The maximum absolute atomic E-state index is 13.8. The smallest absolute Gasteiger partial charge is 0.409 e. The fraction of sp³-hybridized carbons (Fsp3) is 0.628. The Morgan fingerprint density at radius 1 is 0.772 bits per heavy atom. The van der Waals surface area contributed by atoms with E-state index in [0.717, 1.165) is 87.1 Å². The molecule has 4 atom stereocenters. The monoisotopic (exact) mass is 784 g/mol. The standard InChI is InChI=1S/C43H60N8O6/c1-26(2)34(48-40(54)56-6)38(52)50-22-8-11-32(50)37-45-25-33(47-37)43-19-16-42(17-20-43,18-21-43)29-14-12-28(13-15-29)30-24-44-36(46-30)31-10-9-23-51(31)39(53)35(27(3)4)49(5)41(55)57-7/h12-15,24-27,31-32,34-35H,8-11,16-23H2,1-7H3,(H,44,46)(H,45,47)(H,48,54). The molecule has 14 heteroatoms. The van der Waals surface area contributed by atoms with Crippen molar-refractivity contribution >= 4 is 24.0 Å². The normalized spacial score (nSPS) is 25.5. The molecule has 2 bridgehead atoms. The minimum atomic E-state index is -0.659. The molecule has 4 heterocycles. The fourth-order valence-corrected chi connectivity index (χ4v) is 10.3. The Balaban J connectivity index is 0.998. The summed E-state index contributed by atoms with van der Waals surface area (Å²) in [5.41, 5.74) is 4.74. The van der Waals surface area contributed by atoms with Gasteiger partial charge in [-0.2, -0.15) is 0 Å². The van der Waals surface area contributed by atoms with Crippen molar-refractivity contribution in [3.8, 4) is 11.3 Å². The number of amides is 4. The van der Waals surface area contributed by atoms with E-state index in [-0.39, 0.29) is 46.6 Å². The molecule has 2 aliphatic heterocycles. The molecular weight excluding hydrogens is 725 g/mol. The quantitative estimate of drug-likeness (QED) is 0.192. The van der Waals surface area contributed by atoms with Gasteiger partial charge in [-0.1, -0.05) is 52.0 Å². The van der Waals surface area contributed by atoms with Crippen LogP contribution in [0.25, 0.3) is 11.3 Å². The first-order chi connectivity index (χ1) is 27.3. The molecule has 2 aromatic heterocycles. The number of likely N-dealkylation sites (tertiary alicyclic amines) is 2. The van der Waals surface area contributed by atoms with Crippen LogP contribution in [-0.4, -0.2) is 105 Å². The van der Waals surface area contributed by atoms with Gasteiger partial charge in [0.05, 0.1) is 38.2 Å². The average Bonchev–Trinajstić information content (AvgIpc) is 4.07. The molecule has 4 amide bonds. The lowest BCUT2D eigenvalue weighted by Crippen LogP contribution is -2.51. The Bertz CT molecular complexity index is 1910. The van der Waals surface area contributed by atoms with E-state index >= 15 is 0 Å². The molecule has 308 valence electrons. The van der Waals surface area contributed by atoms with Crippen molar-refractivity contribution < 1.29 is 28.7 Å². The fourth-order valence-electron chi connectivity index (χ4n) is 10.3. The third-order valence-electron chi connectivity index (χ3n) is 13.7. The number of rotatable bonds is 11. The van der Waals surface area contributed by atoms with Crippen LogP contribution in [0.1, 0.15) is 127 Å². The van der Waals surface area contributed by atoms with Gasteiger partial charge in [-0.15, -0.1) is 0 Å². The first kappa shape index (κ1) is 40.3. The molecule has 3 aliphatic carbocycles. The zero-order chi connectivity index (χ0) is 40.6. The van der Waals surface area contributed by atoms with E-state index in [1.54, 1.807) is 7.05 Å². The van der Waals surface area contributed by atoms with Crippen LogP contribution in [0.4, 0.5) is 9.59 Å². The Kier molecular flexibility index (Phi) is 11.4. The zero-order valence-electron chi connectivity index (χ0n) is 34.6. The van der Waals surface area contributed by atoms with Crippen LogP contribution in [0.5, 0.6) is 0 Å². The summed E-state index contributed by atoms with van der Waals surface area (Å²) >= 11 is 0. The van der Waals surface area contributed by atoms with Crippen molar-refractivity contribution in [1.82, 2.24) is 40.0 Å². The van der Waals surface area contributed by atoms with Crippen LogP contribution in [0, 0.1) is 11.8 Å². The van der Waals surface area contributed by atoms with E-state index in [0.29, 0.717) is 13.1 Å². The highest BCUT2D eigenvalue weighted by Gasteiger charge is 2.51. The van der Waals surface area contributed by atoms with Gasteiger partial charge in [0.1, 0.15) is 23.7 Å². The number of aromatic nitrogens is 4. The van der Waals surface area contributed by atoms with Gasteiger partial charge in [-0.05, 0) is 92.6 Å². The number of nitrogens with zero attached hydrogens (tertiary/aromatic N) is 5. The van der Waals surface area contributed by atoms with E-state index in [9.17, 15) is 19.2 Å². The minimum absolute atomic E-state index is 0.0546. The second-order valence-electron chi connectivity index (χ2n) is 17.5. The van der Waals surface area contributed by atoms with Crippen LogP contribution >= 0.6 is 0 Å². The lowest BCUT2D eigenvalue weighted by molar-refractivity contribution is -0.138. The first-order valence-corrected chi connectivity index (χ1v) is 20.8. The number of hydrogen-bond acceptors (Lipinski definition) is 8. The highest BCUT2D eigenvalue weighted by molar-refractivity contribution is 5.87. The number of ether oxygens (including phenoxy) is 2. The van der Waals surface area contributed by atoms with Gasteiger partial charge in [0.2, 0.25) is 11.8 Å². The lowest BCUT2D eigenvalue weighted by atomic mass is 9.51. The number of aromatic amines is 2. The van der Waals surface area contributed by atoms with Crippen LogP contribution < -0.4 is 5.32 Å². The molecule has 4 unspecified atom stereocenters. The Morgan fingerprint density at radius 3 is 1.89 bits per heavy atom. The summed E-state index contributed by atoms with van der Waals surface area (Å²) in [7, 11) is 4.26. The van der Waals surface area contributed by atoms with E-state index in [2.05, 4.69) is 39.6 Å². The van der Waals surface area contributed by atoms with E-state index in [1.807, 2.05) is 49.9 Å². The summed E-state index contributed by atoms with van der Waals surface area (Å²) in [4.78, 5) is 73.9. The maximum atomic E-state index is 13.8. The Hall–Kier alpha value is -4.88. The number of likely N-dealkylation sites (N-methyl/N-ethyl adjacent to an activating group) is 1. The number of benzene rings is 1. The number of methoxy groups -OCH3 is 2. The van der Waals surface area contributed by atoms with Gasteiger partial charge in [-0.3, -0.25) is 14.5 Å². The van der Waals surface area contributed by atoms with Crippen LogP contribution in [0.2, 0.25) is 0 Å². The molecule has 5 fully saturated rings. The summed E-state index contributed by atoms with van der Waals surface area (Å²) in [5.74, 6) is 1.26. The highest BCUT2D eigenvalue weighted by Crippen LogP contribution is 2.58. The molecule has 1 aromatic carbocycles. The number of carbonyl (C=O) groups is 4. The highest BCUT2D eigenvalue weighted by atomic mass is 16.5. The number of H-pyrrole nitrogens is 2. The molecule has 14 nitrogen and oxygen atoms in total. The third-order valence-corrected chi connectivity index (χ3v) is 13.7. The Labute approximate surface area is 335 Å². The lowest BCUT2D eigenvalue weighted by Gasteiger charge is -2.53. The topological polar surface area (TPSA) is 166 Å². The van der Waals surface area contributed by atoms with Crippen LogP contribution in [-0.2, 0) is 29.9 Å². The van der Waals surface area contributed by atoms with Gasteiger partial charge >= 0.3 is 12.2 Å². The maximum Gasteiger partial charge on any atom is 0.409 e. The molecule has 0 spiro atoms. The van der Waals surface area contributed by atoms with Crippen molar-refractivity contribution in [1.29, 1.82) is 0 Å².